The minimum absolute atomic E-state index is 0.294. The number of hydrogen-bond donors (Lipinski definition) is 0. The highest BCUT2D eigenvalue weighted by Crippen LogP contribution is 2.39. The third kappa shape index (κ3) is 1.84. The summed E-state index contributed by atoms with van der Waals surface area (Å²) in [6.45, 7) is 1.12. The third-order valence-corrected chi connectivity index (χ3v) is 3.67. The van der Waals surface area contributed by atoms with Crippen LogP contribution in [-0.4, -0.2) is 24.0 Å². The molecule has 100 valence electrons. The minimum atomic E-state index is 0.294. The van der Waals surface area contributed by atoms with E-state index in [1.54, 1.807) is 0 Å². The molecule has 20 heavy (non-hydrogen) atoms. The van der Waals surface area contributed by atoms with Gasteiger partial charge in [-0.3, -0.25) is 9.98 Å². The number of nitrogens with zero attached hydrogens (tertiary/aromatic N) is 2. The molecule has 4 nitrogen and oxygen atoms in total. The number of benzene rings is 1. The summed E-state index contributed by atoms with van der Waals surface area (Å²) >= 11 is 0. The highest BCUT2D eigenvalue weighted by Gasteiger charge is 2.26. The van der Waals surface area contributed by atoms with E-state index in [0.29, 0.717) is 6.79 Å². The van der Waals surface area contributed by atoms with Gasteiger partial charge in [-0.1, -0.05) is 12.1 Å². The average molecular weight is 266 g/mol. The van der Waals surface area contributed by atoms with Crippen molar-refractivity contribution in [3.05, 3.63) is 53.3 Å². The molecule has 0 saturated heterocycles. The fourth-order valence-corrected chi connectivity index (χ4v) is 2.75. The van der Waals surface area contributed by atoms with E-state index in [2.05, 4.69) is 16.0 Å². The maximum atomic E-state index is 5.64. The number of hydrogen-bond acceptors (Lipinski definition) is 4. The molecule has 0 amide bonds. The molecule has 2 aliphatic heterocycles. The SMILES string of the molecule is c1ccc(CC2=NCCc3ccc4c(c32)OCO4)nc1. The molecule has 1 aromatic heterocycles. The fraction of sp³-hybridized carbons (Fsp3) is 0.250. The van der Waals surface area contributed by atoms with Crippen molar-refractivity contribution in [2.24, 2.45) is 4.99 Å². The number of ether oxygens (including phenoxy) is 2. The van der Waals surface area contributed by atoms with Gasteiger partial charge in [0.05, 0.1) is 5.71 Å². The van der Waals surface area contributed by atoms with E-state index in [1.165, 1.54) is 5.56 Å². The van der Waals surface area contributed by atoms with Crippen molar-refractivity contribution < 1.29 is 9.47 Å². The first-order valence-corrected chi connectivity index (χ1v) is 6.77. The lowest BCUT2D eigenvalue weighted by atomic mass is 9.93. The Morgan fingerprint density at radius 2 is 2.10 bits per heavy atom. The number of fused-ring (bicyclic) bond motifs is 3. The topological polar surface area (TPSA) is 43.7 Å². The van der Waals surface area contributed by atoms with Gasteiger partial charge in [-0.25, -0.2) is 0 Å². The normalized spacial score (nSPS) is 15.7. The predicted octanol–water partition coefficient (Wildman–Crippen LogP) is 2.40. The van der Waals surface area contributed by atoms with Crippen molar-refractivity contribution in [1.29, 1.82) is 0 Å². The van der Waals surface area contributed by atoms with Gasteiger partial charge in [-0.15, -0.1) is 0 Å². The molecular weight excluding hydrogens is 252 g/mol. The van der Waals surface area contributed by atoms with Gasteiger partial charge in [0.15, 0.2) is 11.5 Å². The van der Waals surface area contributed by atoms with Crippen LogP contribution in [0.4, 0.5) is 0 Å². The Morgan fingerprint density at radius 3 is 3.00 bits per heavy atom. The molecule has 4 heteroatoms. The van der Waals surface area contributed by atoms with Crippen LogP contribution in [-0.2, 0) is 12.8 Å². The van der Waals surface area contributed by atoms with Crippen LogP contribution >= 0.6 is 0 Å². The first-order valence-electron chi connectivity index (χ1n) is 6.77. The second-order valence-corrected chi connectivity index (χ2v) is 4.91. The summed E-state index contributed by atoms with van der Waals surface area (Å²) in [5.74, 6) is 1.66. The van der Waals surface area contributed by atoms with E-state index >= 15 is 0 Å². The van der Waals surface area contributed by atoms with Gasteiger partial charge in [-0.05, 0) is 30.2 Å². The molecule has 3 heterocycles. The quantitative estimate of drug-likeness (QED) is 0.838. The van der Waals surface area contributed by atoms with Crippen molar-refractivity contribution in [1.82, 2.24) is 4.98 Å². The fourth-order valence-electron chi connectivity index (χ4n) is 2.75. The summed E-state index contributed by atoms with van der Waals surface area (Å²) in [7, 11) is 0. The highest BCUT2D eigenvalue weighted by atomic mass is 16.7. The van der Waals surface area contributed by atoms with Crippen molar-refractivity contribution in [3.8, 4) is 11.5 Å². The molecule has 4 rings (SSSR count). The van der Waals surface area contributed by atoms with Crippen molar-refractivity contribution in [2.45, 2.75) is 12.8 Å². The molecule has 0 bridgehead atoms. The van der Waals surface area contributed by atoms with Gasteiger partial charge in [-0.2, -0.15) is 0 Å². The van der Waals surface area contributed by atoms with Crippen LogP contribution in [0.25, 0.3) is 0 Å². The van der Waals surface area contributed by atoms with E-state index in [-0.39, 0.29) is 0 Å². The van der Waals surface area contributed by atoms with Gasteiger partial charge >= 0.3 is 0 Å². The standard InChI is InChI=1S/C16H14N2O2/c1-2-7-17-12(3-1)9-13-15-11(6-8-18-13)4-5-14-16(15)20-10-19-14/h1-5,7H,6,8-10H2. The molecule has 2 aromatic rings. The van der Waals surface area contributed by atoms with Gasteiger partial charge in [0.1, 0.15) is 0 Å². The van der Waals surface area contributed by atoms with Crippen molar-refractivity contribution in [2.75, 3.05) is 13.3 Å². The lowest BCUT2D eigenvalue weighted by molar-refractivity contribution is 0.173. The smallest absolute Gasteiger partial charge is 0.231 e. The minimum Gasteiger partial charge on any atom is -0.454 e. The zero-order chi connectivity index (χ0) is 13.4. The van der Waals surface area contributed by atoms with Crippen LogP contribution in [0.15, 0.2) is 41.5 Å². The van der Waals surface area contributed by atoms with Crippen LogP contribution in [0.2, 0.25) is 0 Å². The van der Waals surface area contributed by atoms with E-state index in [4.69, 9.17) is 9.47 Å². The van der Waals surface area contributed by atoms with E-state index in [0.717, 1.165) is 47.9 Å². The Morgan fingerprint density at radius 1 is 1.10 bits per heavy atom. The summed E-state index contributed by atoms with van der Waals surface area (Å²) in [5.41, 5.74) is 4.47. The molecule has 1 aromatic carbocycles. The molecule has 0 saturated carbocycles. The Labute approximate surface area is 117 Å². The van der Waals surface area contributed by atoms with E-state index in [9.17, 15) is 0 Å². The van der Waals surface area contributed by atoms with Crippen LogP contribution in [0.1, 0.15) is 16.8 Å². The van der Waals surface area contributed by atoms with Crippen LogP contribution in [0.3, 0.4) is 0 Å². The maximum absolute atomic E-state index is 5.64. The highest BCUT2D eigenvalue weighted by molar-refractivity contribution is 6.06. The molecular formula is C16H14N2O2. The summed E-state index contributed by atoms with van der Waals surface area (Å²) in [5, 5.41) is 0. The number of pyridine rings is 1. The first kappa shape index (κ1) is 11.5. The largest absolute Gasteiger partial charge is 0.454 e. The summed E-state index contributed by atoms with van der Waals surface area (Å²) in [6.07, 6.45) is 3.50. The van der Waals surface area contributed by atoms with Gasteiger partial charge in [0.25, 0.3) is 0 Å². The molecule has 0 radical (unpaired) electrons. The summed E-state index contributed by atoms with van der Waals surface area (Å²) in [6, 6.07) is 10.1. The summed E-state index contributed by atoms with van der Waals surface area (Å²) in [4.78, 5) is 9.07. The van der Waals surface area contributed by atoms with Crippen LogP contribution in [0, 0.1) is 0 Å². The molecule has 0 spiro atoms. The Bertz CT molecular complexity index is 680. The number of aliphatic imine (C=N–C) groups is 1. The molecule has 0 atom stereocenters. The molecule has 0 N–H and O–H groups in total. The lowest BCUT2D eigenvalue weighted by Crippen LogP contribution is -2.16. The average Bonchev–Trinajstić information content (AvgIpc) is 2.97. The van der Waals surface area contributed by atoms with E-state index < -0.39 is 0 Å². The van der Waals surface area contributed by atoms with Gasteiger partial charge in [0.2, 0.25) is 6.79 Å². The molecule has 0 fully saturated rings. The number of aromatic nitrogens is 1. The zero-order valence-corrected chi connectivity index (χ0v) is 11.0. The Balaban J connectivity index is 1.77. The van der Waals surface area contributed by atoms with Crippen molar-refractivity contribution in [3.63, 3.8) is 0 Å². The molecule has 0 aliphatic carbocycles. The van der Waals surface area contributed by atoms with Crippen LogP contribution < -0.4 is 9.47 Å². The van der Waals surface area contributed by atoms with Gasteiger partial charge in [0, 0.05) is 30.4 Å². The molecule has 0 unspecified atom stereocenters. The maximum Gasteiger partial charge on any atom is 0.231 e. The zero-order valence-electron chi connectivity index (χ0n) is 11.0. The second-order valence-electron chi connectivity index (χ2n) is 4.91. The van der Waals surface area contributed by atoms with Crippen molar-refractivity contribution >= 4 is 5.71 Å². The lowest BCUT2D eigenvalue weighted by Gasteiger charge is -2.18. The predicted molar refractivity (Wildman–Crippen MR) is 75.6 cm³/mol. The monoisotopic (exact) mass is 266 g/mol. The van der Waals surface area contributed by atoms with Gasteiger partial charge < -0.3 is 9.47 Å². The third-order valence-electron chi connectivity index (χ3n) is 3.67. The summed E-state index contributed by atoms with van der Waals surface area (Å²) < 4.78 is 11.1. The van der Waals surface area contributed by atoms with E-state index in [1.807, 2.05) is 30.5 Å². The Hall–Kier alpha value is -2.36. The number of rotatable bonds is 2. The second kappa shape index (κ2) is 4.63. The molecule has 2 aliphatic rings. The van der Waals surface area contributed by atoms with Crippen LogP contribution in [0.5, 0.6) is 11.5 Å². The Kier molecular flexibility index (Phi) is 2.66. The first-order chi connectivity index (χ1) is 9.92.